The van der Waals surface area contributed by atoms with Gasteiger partial charge in [-0.1, -0.05) is 12.1 Å². The maximum Gasteiger partial charge on any atom is 0.224 e. The van der Waals surface area contributed by atoms with E-state index in [9.17, 15) is 4.79 Å². The van der Waals surface area contributed by atoms with Gasteiger partial charge in [0, 0.05) is 49.5 Å². The molecule has 1 aromatic heterocycles. The van der Waals surface area contributed by atoms with Gasteiger partial charge in [0.15, 0.2) is 0 Å². The fraction of sp³-hybridized carbons (Fsp3) is 0.524. The van der Waals surface area contributed by atoms with Gasteiger partial charge in [0.1, 0.15) is 5.76 Å². The molecular weight excluding hydrogens is 340 g/mol. The molecule has 0 spiro atoms. The van der Waals surface area contributed by atoms with Crippen molar-refractivity contribution in [3.05, 3.63) is 40.8 Å². The first-order chi connectivity index (χ1) is 13.0. The largest absolute Gasteiger partial charge is 0.369 e. The Labute approximate surface area is 161 Å². The summed E-state index contributed by atoms with van der Waals surface area (Å²) in [7, 11) is 0. The number of aromatic nitrogens is 1. The molecule has 3 rings (SSSR count). The lowest BCUT2D eigenvalue weighted by Crippen LogP contribution is -2.46. The van der Waals surface area contributed by atoms with Gasteiger partial charge in [-0.3, -0.25) is 4.79 Å². The minimum Gasteiger partial charge on any atom is -0.369 e. The van der Waals surface area contributed by atoms with Crippen LogP contribution in [0.25, 0.3) is 0 Å². The number of anilines is 2. The highest BCUT2D eigenvalue weighted by atomic mass is 16.5. The van der Waals surface area contributed by atoms with Crippen LogP contribution < -0.4 is 10.2 Å². The first kappa shape index (κ1) is 19.4. The van der Waals surface area contributed by atoms with Crippen molar-refractivity contribution in [3.8, 4) is 0 Å². The number of nitrogens with one attached hydrogen (secondary N) is 1. The van der Waals surface area contributed by atoms with Gasteiger partial charge < -0.3 is 19.6 Å². The molecule has 6 heteroatoms. The van der Waals surface area contributed by atoms with E-state index >= 15 is 0 Å². The Morgan fingerprint density at radius 2 is 1.93 bits per heavy atom. The topological polar surface area (TPSA) is 61.6 Å². The van der Waals surface area contributed by atoms with Crippen molar-refractivity contribution in [1.29, 1.82) is 0 Å². The Bertz CT molecular complexity index is 772. The molecule has 1 aliphatic rings. The summed E-state index contributed by atoms with van der Waals surface area (Å²) in [5, 5.41) is 6.95. The van der Waals surface area contributed by atoms with Gasteiger partial charge >= 0.3 is 0 Å². The van der Waals surface area contributed by atoms with E-state index in [-0.39, 0.29) is 5.91 Å². The number of rotatable bonds is 6. The Morgan fingerprint density at radius 3 is 2.52 bits per heavy atom. The maximum atomic E-state index is 12.3. The first-order valence-electron chi connectivity index (χ1n) is 9.77. The molecule has 146 valence electrons. The summed E-state index contributed by atoms with van der Waals surface area (Å²) in [6, 6.07) is 6.19. The highest BCUT2D eigenvalue weighted by Crippen LogP contribution is 2.25. The molecule has 6 nitrogen and oxygen atoms in total. The monoisotopic (exact) mass is 370 g/mol. The van der Waals surface area contributed by atoms with Gasteiger partial charge in [0.2, 0.25) is 5.91 Å². The van der Waals surface area contributed by atoms with Crippen LogP contribution >= 0.6 is 0 Å². The molecule has 1 N–H and O–H groups in total. The minimum absolute atomic E-state index is 0.0127. The zero-order valence-electron chi connectivity index (χ0n) is 16.8. The molecule has 1 amide bonds. The quantitative estimate of drug-likeness (QED) is 0.845. The van der Waals surface area contributed by atoms with E-state index in [0.717, 1.165) is 55.4 Å². The lowest BCUT2D eigenvalue weighted by molar-refractivity contribution is -0.116. The van der Waals surface area contributed by atoms with Gasteiger partial charge in [-0.25, -0.2) is 0 Å². The van der Waals surface area contributed by atoms with Crippen LogP contribution in [0.1, 0.15) is 35.9 Å². The lowest BCUT2D eigenvalue weighted by atomic mass is 10.1. The van der Waals surface area contributed by atoms with Crippen LogP contribution in [-0.2, 0) is 11.2 Å². The average molecular weight is 370 g/mol. The molecule has 2 heterocycles. The summed E-state index contributed by atoms with van der Waals surface area (Å²) in [5.41, 5.74) is 5.21. The van der Waals surface area contributed by atoms with Crippen LogP contribution in [0, 0.1) is 20.8 Å². The van der Waals surface area contributed by atoms with Gasteiger partial charge in [0.25, 0.3) is 0 Å². The highest BCUT2D eigenvalue weighted by molar-refractivity contribution is 5.91. The number of hydrogen-bond acceptors (Lipinski definition) is 5. The van der Waals surface area contributed by atoms with E-state index in [4.69, 9.17) is 4.52 Å². The van der Waals surface area contributed by atoms with Crippen molar-refractivity contribution in [2.45, 2.75) is 40.5 Å². The lowest BCUT2D eigenvalue weighted by Gasteiger charge is -2.36. The summed E-state index contributed by atoms with van der Waals surface area (Å²) in [6.45, 7) is 13.6. The minimum atomic E-state index is 0.0127. The van der Waals surface area contributed by atoms with E-state index in [0.29, 0.717) is 12.8 Å². The molecule has 1 fully saturated rings. The second-order valence-corrected chi connectivity index (χ2v) is 7.27. The summed E-state index contributed by atoms with van der Waals surface area (Å²) < 4.78 is 5.16. The van der Waals surface area contributed by atoms with E-state index in [2.05, 4.69) is 46.3 Å². The fourth-order valence-corrected chi connectivity index (χ4v) is 3.71. The number of benzene rings is 1. The Hall–Kier alpha value is -2.34. The van der Waals surface area contributed by atoms with Crippen LogP contribution in [-0.4, -0.2) is 48.7 Å². The second-order valence-electron chi connectivity index (χ2n) is 7.27. The van der Waals surface area contributed by atoms with Crippen LogP contribution in [0.5, 0.6) is 0 Å². The molecule has 27 heavy (non-hydrogen) atoms. The molecule has 0 aliphatic carbocycles. The normalized spacial score (nSPS) is 15.2. The Morgan fingerprint density at radius 1 is 1.19 bits per heavy atom. The number of hydrogen-bond donors (Lipinski definition) is 1. The molecule has 1 saturated heterocycles. The smallest absolute Gasteiger partial charge is 0.224 e. The summed E-state index contributed by atoms with van der Waals surface area (Å²) >= 11 is 0. The number of piperazine rings is 1. The maximum absolute atomic E-state index is 12.3. The molecule has 0 unspecified atom stereocenters. The number of nitrogens with zero attached hydrogens (tertiary/aromatic N) is 3. The van der Waals surface area contributed by atoms with E-state index < -0.39 is 0 Å². The molecule has 1 aromatic carbocycles. The van der Waals surface area contributed by atoms with Crippen LogP contribution in [0.15, 0.2) is 22.7 Å². The van der Waals surface area contributed by atoms with Crippen LogP contribution in [0.2, 0.25) is 0 Å². The third-order valence-electron chi connectivity index (χ3n) is 5.42. The van der Waals surface area contributed by atoms with Gasteiger partial charge in [-0.15, -0.1) is 0 Å². The fourth-order valence-electron chi connectivity index (χ4n) is 3.71. The van der Waals surface area contributed by atoms with Crippen molar-refractivity contribution in [1.82, 2.24) is 10.1 Å². The summed E-state index contributed by atoms with van der Waals surface area (Å²) in [4.78, 5) is 17.2. The van der Waals surface area contributed by atoms with Gasteiger partial charge in [-0.05, 0) is 57.5 Å². The van der Waals surface area contributed by atoms with E-state index in [1.165, 1.54) is 11.3 Å². The van der Waals surface area contributed by atoms with Crippen molar-refractivity contribution < 1.29 is 9.32 Å². The Kier molecular flexibility index (Phi) is 6.16. The molecule has 2 aromatic rings. The molecule has 0 saturated carbocycles. The molecular formula is C21H30N4O2. The highest BCUT2D eigenvalue weighted by Gasteiger charge is 2.17. The Balaban J connectivity index is 1.56. The zero-order chi connectivity index (χ0) is 19.4. The third-order valence-corrected chi connectivity index (χ3v) is 5.42. The van der Waals surface area contributed by atoms with Gasteiger partial charge in [-0.2, -0.15) is 0 Å². The number of carbonyl (C=O) groups excluding carboxylic acids is 1. The second kappa shape index (κ2) is 8.57. The molecule has 1 aliphatic heterocycles. The molecule has 0 radical (unpaired) electrons. The standard InChI is InChI=1S/C21H30N4O2/c1-5-24-10-12-25(13-11-24)20-8-6-18(14-15(20)2)22-21(26)9-7-19-16(3)23-27-17(19)4/h6,8,14H,5,7,9-13H2,1-4H3,(H,22,26). The number of aryl methyl sites for hydroxylation is 3. The van der Waals surface area contributed by atoms with Crippen molar-refractivity contribution in [2.75, 3.05) is 42.9 Å². The third kappa shape index (κ3) is 4.69. The van der Waals surface area contributed by atoms with Crippen molar-refractivity contribution in [3.63, 3.8) is 0 Å². The molecule has 0 atom stereocenters. The van der Waals surface area contributed by atoms with Crippen molar-refractivity contribution >= 4 is 17.3 Å². The van der Waals surface area contributed by atoms with Crippen LogP contribution in [0.3, 0.4) is 0 Å². The molecule has 0 bridgehead atoms. The average Bonchev–Trinajstić information content (AvgIpc) is 2.98. The predicted molar refractivity (Wildman–Crippen MR) is 108 cm³/mol. The number of carbonyl (C=O) groups is 1. The summed E-state index contributed by atoms with van der Waals surface area (Å²) in [6.07, 6.45) is 1.06. The summed E-state index contributed by atoms with van der Waals surface area (Å²) in [5.74, 6) is 0.808. The van der Waals surface area contributed by atoms with Crippen LogP contribution in [0.4, 0.5) is 11.4 Å². The number of likely N-dealkylation sites (N-methyl/N-ethyl adjacent to an activating group) is 1. The SMILES string of the molecule is CCN1CCN(c2ccc(NC(=O)CCc3c(C)noc3C)cc2C)CC1. The van der Waals surface area contributed by atoms with Gasteiger partial charge in [0.05, 0.1) is 5.69 Å². The first-order valence-corrected chi connectivity index (χ1v) is 9.77. The number of amides is 1. The van der Waals surface area contributed by atoms with Crippen molar-refractivity contribution in [2.24, 2.45) is 0 Å². The zero-order valence-corrected chi connectivity index (χ0v) is 16.8. The van der Waals surface area contributed by atoms with E-state index in [1.54, 1.807) is 0 Å². The van der Waals surface area contributed by atoms with E-state index in [1.807, 2.05) is 19.9 Å². The predicted octanol–water partition coefficient (Wildman–Crippen LogP) is 3.31.